The fraction of sp³-hybridized carbons (Fsp3) is 0.382. The number of rotatable bonds is 5. The number of hydrogen-bond acceptors (Lipinski definition) is 5. The summed E-state index contributed by atoms with van der Waals surface area (Å²) in [5.74, 6) is 0.634. The van der Waals surface area contributed by atoms with E-state index in [1.165, 1.54) is 0 Å². The molecule has 0 bridgehead atoms. The zero-order valence-corrected chi connectivity index (χ0v) is 24.2. The van der Waals surface area contributed by atoms with Crippen LogP contribution in [0, 0.1) is 16.7 Å². The smallest absolute Gasteiger partial charge is 0.416 e. The first kappa shape index (κ1) is 28.9. The van der Waals surface area contributed by atoms with Crippen LogP contribution < -0.4 is 0 Å². The summed E-state index contributed by atoms with van der Waals surface area (Å²) in [6.45, 7) is 7.87. The van der Waals surface area contributed by atoms with Gasteiger partial charge in [0.1, 0.15) is 5.52 Å². The molecular weight excluding hydrogens is 553 g/mol. The third-order valence-electron chi connectivity index (χ3n) is 8.98. The third-order valence-corrected chi connectivity index (χ3v) is 8.98. The Balaban J connectivity index is 1.07. The van der Waals surface area contributed by atoms with Gasteiger partial charge in [-0.05, 0) is 97.8 Å². The van der Waals surface area contributed by atoms with Crippen molar-refractivity contribution < 1.29 is 22.4 Å². The molecule has 0 aliphatic carbocycles. The molecule has 1 spiro atoms. The van der Waals surface area contributed by atoms with Crippen LogP contribution in [0.3, 0.4) is 0 Å². The molecule has 0 atom stereocenters. The van der Waals surface area contributed by atoms with Crippen molar-refractivity contribution in [3.8, 4) is 17.5 Å². The second kappa shape index (κ2) is 11.2. The molecule has 0 N–H and O–H groups in total. The molecule has 2 aliphatic rings. The zero-order valence-electron chi connectivity index (χ0n) is 24.2. The van der Waals surface area contributed by atoms with Crippen LogP contribution in [0.4, 0.5) is 13.2 Å². The van der Waals surface area contributed by atoms with Gasteiger partial charge in [-0.3, -0.25) is 9.69 Å². The number of alkyl halides is 3. The SMILES string of the molecule is CC(C)c1cc(C#N)cc2nc(-c3ccc(C(=O)N4CCC5(CCN(Cc6ccc(C(F)(F)F)cc6)CC5)C4)cc3)oc12. The summed E-state index contributed by atoms with van der Waals surface area (Å²) < 4.78 is 44.7. The van der Waals surface area contributed by atoms with Crippen LogP contribution in [-0.4, -0.2) is 46.9 Å². The maximum Gasteiger partial charge on any atom is 0.416 e. The molecule has 2 fully saturated rings. The summed E-state index contributed by atoms with van der Waals surface area (Å²) in [6, 6.07) is 18.5. The highest BCUT2D eigenvalue weighted by Gasteiger charge is 2.42. The van der Waals surface area contributed by atoms with E-state index < -0.39 is 11.7 Å². The molecule has 2 aliphatic heterocycles. The van der Waals surface area contributed by atoms with Gasteiger partial charge in [-0.1, -0.05) is 26.0 Å². The Morgan fingerprint density at radius 2 is 1.70 bits per heavy atom. The fourth-order valence-corrected chi connectivity index (χ4v) is 6.37. The number of carbonyl (C=O) groups excluding carboxylic acids is 1. The molecule has 0 unspecified atom stereocenters. The fourth-order valence-electron chi connectivity index (χ4n) is 6.37. The first-order valence-corrected chi connectivity index (χ1v) is 14.7. The van der Waals surface area contributed by atoms with E-state index in [1.807, 2.05) is 49.1 Å². The minimum Gasteiger partial charge on any atom is -0.436 e. The summed E-state index contributed by atoms with van der Waals surface area (Å²) in [5, 5.41) is 9.40. The number of amides is 1. The summed E-state index contributed by atoms with van der Waals surface area (Å²) in [4.78, 5) is 22.3. The van der Waals surface area contributed by atoms with Gasteiger partial charge in [-0.2, -0.15) is 18.4 Å². The topological polar surface area (TPSA) is 73.4 Å². The molecule has 6 rings (SSSR count). The number of oxazole rings is 1. The Hall–Kier alpha value is -4.16. The predicted octanol–water partition coefficient (Wildman–Crippen LogP) is 7.64. The van der Waals surface area contributed by atoms with Crippen molar-refractivity contribution in [2.75, 3.05) is 26.2 Å². The van der Waals surface area contributed by atoms with Gasteiger partial charge >= 0.3 is 6.18 Å². The molecule has 3 aromatic carbocycles. The van der Waals surface area contributed by atoms with Crippen LogP contribution in [0.1, 0.15) is 71.6 Å². The van der Waals surface area contributed by atoms with E-state index in [4.69, 9.17) is 4.42 Å². The first-order chi connectivity index (χ1) is 20.5. The van der Waals surface area contributed by atoms with E-state index in [1.54, 1.807) is 18.2 Å². The summed E-state index contributed by atoms with van der Waals surface area (Å²) in [5.41, 5.74) is 4.52. The predicted molar refractivity (Wildman–Crippen MR) is 157 cm³/mol. The van der Waals surface area contributed by atoms with Crippen molar-refractivity contribution >= 4 is 17.0 Å². The monoisotopic (exact) mass is 586 g/mol. The zero-order chi connectivity index (χ0) is 30.4. The van der Waals surface area contributed by atoms with E-state index in [2.05, 4.69) is 16.0 Å². The number of benzene rings is 3. The third kappa shape index (κ3) is 5.89. The van der Waals surface area contributed by atoms with Crippen molar-refractivity contribution in [2.24, 2.45) is 5.41 Å². The van der Waals surface area contributed by atoms with E-state index in [9.17, 15) is 23.2 Å². The Morgan fingerprint density at radius 3 is 2.33 bits per heavy atom. The van der Waals surface area contributed by atoms with Gasteiger partial charge < -0.3 is 9.32 Å². The Bertz CT molecular complexity index is 1680. The molecule has 0 radical (unpaired) electrons. The van der Waals surface area contributed by atoms with Gasteiger partial charge in [0.15, 0.2) is 5.58 Å². The molecule has 6 nitrogen and oxygen atoms in total. The van der Waals surface area contributed by atoms with E-state index >= 15 is 0 Å². The molecule has 9 heteroatoms. The van der Waals surface area contributed by atoms with Crippen molar-refractivity contribution in [3.05, 3.63) is 88.5 Å². The lowest BCUT2D eigenvalue weighted by atomic mass is 9.77. The Kier molecular flexibility index (Phi) is 7.51. The van der Waals surface area contributed by atoms with E-state index in [-0.39, 0.29) is 17.2 Å². The second-order valence-electron chi connectivity index (χ2n) is 12.2. The number of hydrogen-bond donors (Lipinski definition) is 0. The van der Waals surface area contributed by atoms with Crippen molar-refractivity contribution in [1.82, 2.24) is 14.8 Å². The van der Waals surface area contributed by atoms with Gasteiger partial charge in [0.05, 0.1) is 17.2 Å². The molecule has 1 amide bonds. The lowest BCUT2D eigenvalue weighted by Crippen LogP contribution is -2.41. The minimum atomic E-state index is -4.32. The quantitative estimate of drug-likeness (QED) is 0.240. The highest BCUT2D eigenvalue weighted by molar-refractivity contribution is 5.95. The summed E-state index contributed by atoms with van der Waals surface area (Å²) in [6.07, 6.45) is -1.45. The number of likely N-dealkylation sites (tertiary alicyclic amines) is 2. The number of nitriles is 1. The summed E-state index contributed by atoms with van der Waals surface area (Å²) >= 11 is 0. The second-order valence-corrected chi connectivity index (χ2v) is 12.2. The Morgan fingerprint density at radius 1 is 1.02 bits per heavy atom. The van der Waals surface area contributed by atoms with Crippen LogP contribution in [-0.2, 0) is 12.7 Å². The van der Waals surface area contributed by atoms with Crippen LogP contribution in [0.5, 0.6) is 0 Å². The van der Waals surface area contributed by atoms with Crippen LogP contribution in [0.15, 0.2) is 65.1 Å². The van der Waals surface area contributed by atoms with Crippen LogP contribution in [0.2, 0.25) is 0 Å². The van der Waals surface area contributed by atoms with Crippen molar-refractivity contribution in [3.63, 3.8) is 0 Å². The number of carbonyl (C=O) groups is 1. The molecule has 43 heavy (non-hydrogen) atoms. The number of piperidine rings is 1. The number of aromatic nitrogens is 1. The van der Waals surface area contributed by atoms with E-state index in [0.717, 1.165) is 61.2 Å². The standard InChI is InChI=1S/C34H33F3N4O2/c1-22(2)28-17-24(19-38)18-29-30(28)43-31(39-29)25-5-7-26(8-6-25)32(42)41-16-13-33(21-41)11-14-40(15-12-33)20-23-3-9-27(10-4-23)34(35,36)37/h3-10,17-18,22H,11-16,20-21H2,1-2H3. The normalized spacial score (nSPS) is 17.2. The average Bonchev–Trinajstić information content (AvgIpc) is 3.62. The molecular formula is C34H33F3N4O2. The van der Waals surface area contributed by atoms with Crippen molar-refractivity contribution in [2.45, 2.75) is 51.7 Å². The van der Waals surface area contributed by atoms with E-state index in [0.29, 0.717) is 47.8 Å². The number of halogens is 3. The van der Waals surface area contributed by atoms with Gasteiger partial charge in [-0.25, -0.2) is 4.98 Å². The average molecular weight is 587 g/mol. The van der Waals surface area contributed by atoms with Gasteiger partial charge in [0.2, 0.25) is 5.89 Å². The molecule has 0 saturated carbocycles. The van der Waals surface area contributed by atoms with Gasteiger partial charge in [-0.15, -0.1) is 0 Å². The molecule has 4 aromatic rings. The molecule has 2 saturated heterocycles. The highest BCUT2D eigenvalue weighted by Crippen LogP contribution is 2.41. The number of fused-ring (bicyclic) bond motifs is 1. The van der Waals surface area contributed by atoms with Gasteiger partial charge in [0.25, 0.3) is 5.91 Å². The van der Waals surface area contributed by atoms with Gasteiger partial charge in [0, 0.05) is 36.3 Å². The minimum absolute atomic E-state index is 0.00827. The van der Waals surface area contributed by atoms with Crippen molar-refractivity contribution in [1.29, 1.82) is 5.26 Å². The lowest BCUT2D eigenvalue weighted by molar-refractivity contribution is -0.137. The molecule has 1 aromatic heterocycles. The lowest BCUT2D eigenvalue weighted by Gasteiger charge is -2.39. The molecule has 3 heterocycles. The summed E-state index contributed by atoms with van der Waals surface area (Å²) in [7, 11) is 0. The molecule has 222 valence electrons. The first-order valence-electron chi connectivity index (χ1n) is 14.7. The largest absolute Gasteiger partial charge is 0.436 e. The number of nitrogens with zero attached hydrogens (tertiary/aromatic N) is 4. The van der Waals surface area contributed by atoms with Crippen LogP contribution >= 0.6 is 0 Å². The Labute approximate surface area is 248 Å². The highest BCUT2D eigenvalue weighted by atomic mass is 19.4. The maximum atomic E-state index is 13.4. The maximum absolute atomic E-state index is 13.4. The van der Waals surface area contributed by atoms with Crippen LogP contribution in [0.25, 0.3) is 22.6 Å².